The largest absolute Gasteiger partial charge is 0.369 e. The Morgan fingerprint density at radius 3 is 2.80 bits per heavy atom. The number of rotatable bonds is 2. The maximum Gasteiger partial charge on any atom is 0.187 e. The van der Waals surface area contributed by atoms with Crippen molar-refractivity contribution in [3.05, 3.63) is 36.0 Å². The summed E-state index contributed by atoms with van der Waals surface area (Å²) in [6.45, 7) is 1.67. The maximum atomic E-state index is 14.0. The predicted molar refractivity (Wildman–Crippen MR) is 71.4 cm³/mol. The molecule has 1 aliphatic rings. The van der Waals surface area contributed by atoms with Gasteiger partial charge >= 0.3 is 0 Å². The molecule has 2 aromatic rings. The van der Waals surface area contributed by atoms with Crippen LogP contribution in [0.2, 0.25) is 0 Å². The van der Waals surface area contributed by atoms with E-state index in [2.05, 4.69) is 20.1 Å². The SMILES string of the molecule is N#Cc1nncc(-c2ncccc2F)c1N1CCCC1. The van der Waals surface area contributed by atoms with Gasteiger partial charge in [0.25, 0.3) is 0 Å². The predicted octanol–water partition coefficient (Wildman–Crippen LogP) is 2.15. The Hall–Kier alpha value is -2.55. The highest BCUT2D eigenvalue weighted by atomic mass is 19.1. The van der Waals surface area contributed by atoms with E-state index >= 15 is 0 Å². The van der Waals surface area contributed by atoms with Crippen LogP contribution in [0.3, 0.4) is 0 Å². The highest BCUT2D eigenvalue weighted by Gasteiger charge is 2.23. The molecule has 0 radical (unpaired) electrons. The van der Waals surface area contributed by atoms with Gasteiger partial charge in [0.2, 0.25) is 0 Å². The van der Waals surface area contributed by atoms with Crippen LogP contribution in [-0.4, -0.2) is 28.3 Å². The van der Waals surface area contributed by atoms with E-state index in [1.54, 1.807) is 0 Å². The molecule has 2 aromatic heterocycles. The molecule has 0 bridgehead atoms. The van der Waals surface area contributed by atoms with Crippen molar-refractivity contribution in [3.63, 3.8) is 0 Å². The second-order valence-electron chi connectivity index (χ2n) is 4.60. The van der Waals surface area contributed by atoms with Gasteiger partial charge in [0.1, 0.15) is 17.6 Å². The third kappa shape index (κ3) is 2.07. The number of hydrogen-bond donors (Lipinski definition) is 0. The van der Waals surface area contributed by atoms with Crippen LogP contribution in [0.25, 0.3) is 11.3 Å². The highest BCUT2D eigenvalue weighted by molar-refractivity contribution is 5.79. The van der Waals surface area contributed by atoms with E-state index < -0.39 is 5.82 Å². The summed E-state index contributed by atoms with van der Waals surface area (Å²) in [6.07, 6.45) is 5.10. The molecular formula is C14H12FN5. The Morgan fingerprint density at radius 2 is 2.10 bits per heavy atom. The van der Waals surface area contributed by atoms with Crippen LogP contribution in [0.15, 0.2) is 24.5 Å². The molecule has 0 unspecified atom stereocenters. The number of pyridine rings is 1. The zero-order valence-electron chi connectivity index (χ0n) is 10.8. The molecule has 5 nitrogen and oxygen atoms in total. The van der Waals surface area contributed by atoms with Crippen LogP contribution in [0.5, 0.6) is 0 Å². The van der Waals surface area contributed by atoms with Gasteiger partial charge in [-0.1, -0.05) is 0 Å². The van der Waals surface area contributed by atoms with E-state index in [1.165, 1.54) is 24.5 Å². The first-order valence-corrected chi connectivity index (χ1v) is 6.43. The van der Waals surface area contributed by atoms with Crippen molar-refractivity contribution in [1.29, 1.82) is 5.26 Å². The molecule has 0 saturated carbocycles. The lowest BCUT2D eigenvalue weighted by Crippen LogP contribution is -2.21. The number of nitriles is 1. The van der Waals surface area contributed by atoms with Crippen molar-refractivity contribution in [2.45, 2.75) is 12.8 Å². The van der Waals surface area contributed by atoms with Gasteiger partial charge in [-0.2, -0.15) is 10.4 Å². The fourth-order valence-corrected chi connectivity index (χ4v) is 2.47. The van der Waals surface area contributed by atoms with Gasteiger partial charge in [-0.25, -0.2) is 4.39 Å². The number of hydrogen-bond acceptors (Lipinski definition) is 5. The topological polar surface area (TPSA) is 65.7 Å². The summed E-state index contributed by atoms with van der Waals surface area (Å²) >= 11 is 0. The Morgan fingerprint density at radius 1 is 1.30 bits per heavy atom. The zero-order chi connectivity index (χ0) is 13.9. The van der Waals surface area contributed by atoms with Crippen molar-refractivity contribution >= 4 is 5.69 Å². The Balaban J connectivity index is 2.20. The first kappa shape index (κ1) is 12.5. The summed E-state index contributed by atoms with van der Waals surface area (Å²) in [5.74, 6) is -0.426. The van der Waals surface area contributed by atoms with Crippen molar-refractivity contribution in [1.82, 2.24) is 15.2 Å². The number of nitrogens with zero attached hydrogens (tertiary/aromatic N) is 5. The van der Waals surface area contributed by atoms with Crippen LogP contribution in [-0.2, 0) is 0 Å². The molecule has 0 N–H and O–H groups in total. The molecule has 1 saturated heterocycles. The summed E-state index contributed by atoms with van der Waals surface area (Å²) in [4.78, 5) is 6.13. The molecule has 100 valence electrons. The van der Waals surface area contributed by atoms with Crippen LogP contribution < -0.4 is 4.90 Å². The fourth-order valence-electron chi connectivity index (χ4n) is 2.47. The second-order valence-corrected chi connectivity index (χ2v) is 4.60. The minimum atomic E-state index is -0.426. The van der Waals surface area contributed by atoms with Crippen LogP contribution in [0, 0.1) is 17.1 Å². The van der Waals surface area contributed by atoms with E-state index in [0.29, 0.717) is 11.3 Å². The quantitative estimate of drug-likeness (QED) is 0.835. The third-order valence-electron chi connectivity index (χ3n) is 3.37. The standard InChI is InChI=1S/C14H12FN5/c15-11-4-3-5-17-13(11)10-9-18-19-12(8-16)14(10)20-6-1-2-7-20/h3-5,9H,1-2,6-7H2. The van der Waals surface area contributed by atoms with Crippen LogP contribution in [0.1, 0.15) is 18.5 Å². The van der Waals surface area contributed by atoms with Crippen LogP contribution >= 0.6 is 0 Å². The number of halogens is 1. The average Bonchev–Trinajstić information content (AvgIpc) is 3.01. The molecule has 0 aromatic carbocycles. The molecule has 20 heavy (non-hydrogen) atoms. The fraction of sp³-hybridized carbons (Fsp3) is 0.286. The third-order valence-corrected chi connectivity index (χ3v) is 3.37. The van der Waals surface area contributed by atoms with E-state index in [4.69, 9.17) is 0 Å². The molecule has 1 fully saturated rings. The van der Waals surface area contributed by atoms with Gasteiger partial charge in [-0.05, 0) is 25.0 Å². The van der Waals surface area contributed by atoms with Gasteiger partial charge in [0.15, 0.2) is 5.69 Å². The maximum absolute atomic E-state index is 14.0. The van der Waals surface area contributed by atoms with Crippen molar-refractivity contribution in [3.8, 4) is 17.3 Å². The smallest absolute Gasteiger partial charge is 0.187 e. The summed E-state index contributed by atoms with van der Waals surface area (Å²) in [7, 11) is 0. The Kier molecular flexibility index (Phi) is 3.25. The molecular weight excluding hydrogens is 257 g/mol. The summed E-state index contributed by atoms with van der Waals surface area (Å²) in [5.41, 5.74) is 1.59. The molecule has 1 aliphatic heterocycles. The molecule has 3 rings (SSSR count). The lowest BCUT2D eigenvalue weighted by Gasteiger charge is -2.21. The van der Waals surface area contributed by atoms with Gasteiger partial charge in [-0.15, -0.1) is 5.10 Å². The normalized spacial score (nSPS) is 14.3. The lowest BCUT2D eigenvalue weighted by molar-refractivity contribution is 0.625. The highest BCUT2D eigenvalue weighted by Crippen LogP contribution is 2.34. The van der Waals surface area contributed by atoms with Crippen molar-refractivity contribution < 1.29 is 4.39 Å². The summed E-state index contributed by atoms with van der Waals surface area (Å²) in [5, 5.41) is 16.9. The minimum Gasteiger partial charge on any atom is -0.369 e. The number of anilines is 1. The van der Waals surface area contributed by atoms with Crippen molar-refractivity contribution in [2.24, 2.45) is 0 Å². The van der Waals surface area contributed by atoms with Crippen molar-refractivity contribution in [2.75, 3.05) is 18.0 Å². The van der Waals surface area contributed by atoms with E-state index in [1.807, 2.05) is 6.07 Å². The van der Waals surface area contributed by atoms with E-state index in [0.717, 1.165) is 25.9 Å². The molecule has 0 atom stereocenters. The number of aromatic nitrogens is 3. The molecule has 3 heterocycles. The molecule has 0 aliphatic carbocycles. The minimum absolute atomic E-state index is 0.209. The Labute approximate surface area is 115 Å². The summed E-state index contributed by atoms with van der Waals surface area (Å²) in [6, 6.07) is 4.92. The summed E-state index contributed by atoms with van der Waals surface area (Å²) < 4.78 is 14.0. The van der Waals surface area contributed by atoms with Gasteiger partial charge in [0.05, 0.1) is 11.9 Å². The lowest BCUT2D eigenvalue weighted by atomic mass is 10.1. The van der Waals surface area contributed by atoms with Gasteiger partial charge < -0.3 is 4.90 Å². The van der Waals surface area contributed by atoms with E-state index in [-0.39, 0.29) is 11.4 Å². The van der Waals surface area contributed by atoms with Gasteiger partial charge in [0, 0.05) is 24.8 Å². The average molecular weight is 269 g/mol. The van der Waals surface area contributed by atoms with Crippen LogP contribution in [0.4, 0.5) is 10.1 Å². The van der Waals surface area contributed by atoms with E-state index in [9.17, 15) is 9.65 Å². The Bertz CT molecular complexity index is 674. The molecule has 0 amide bonds. The van der Waals surface area contributed by atoms with Gasteiger partial charge in [-0.3, -0.25) is 4.98 Å². The monoisotopic (exact) mass is 269 g/mol. The molecule has 0 spiro atoms. The second kappa shape index (κ2) is 5.21. The molecule has 6 heteroatoms. The first-order chi connectivity index (χ1) is 9.81. The first-order valence-electron chi connectivity index (χ1n) is 6.43. The zero-order valence-corrected chi connectivity index (χ0v) is 10.8.